The van der Waals surface area contributed by atoms with Crippen molar-refractivity contribution in [2.24, 2.45) is 5.92 Å². The Bertz CT molecular complexity index is 641. The predicted molar refractivity (Wildman–Crippen MR) is 79.2 cm³/mol. The van der Waals surface area contributed by atoms with Gasteiger partial charge in [0.1, 0.15) is 6.10 Å². The molecular formula is C17H17NO4. The van der Waals surface area contributed by atoms with E-state index >= 15 is 0 Å². The van der Waals surface area contributed by atoms with Crippen LogP contribution in [-0.4, -0.2) is 34.8 Å². The second kappa shape index (κ2) is 5.09. The van der Waals surface area contributed by atoms with Gasteiger partial charge < -0.3 is 4.74 Å². The van der Waals surface area contributed by atoms with Gasteiger partial charge in [-0.15, -0.1) is 0 Å². The number of amides is 2. The molecule has 0 aliphatic carbocycles. The van der Waals surface area contributed by atoms with Gasteiger partial charge in [0.25, 0.3) is 11.8 Å². The molecule has 0 spiro atoms. The van der Waals surface area contributed by atoms with Crippen molar-refractivity contribution in [1.29, 1.82) is 0 Å². The summed E-state index contributed by atoms with van der Waals surface area (Å²) in [6.45, 7) is 7.48. The van der Waals surface area contributed by atoms with Crippen LogP contribution in [0.2, 0.25) is 0 Å². The fourth-order valence-electron chi connectivity index (χ4n) is 3.15. The largest absolute Gasteiger partial charge is 0.456 e. The van der Waals surface area contributed by atoms with E-state index in [1.54, 1.807) is 24.3 Å². The molecule has 2 aliphatic rings. The summed E-state index contributed by atoms with van der Waals surface area (Å²) in [5.74, 6) is -1.14. The lowest BCUT2D eigenvalue weighted by molar-refractivity contribution is -0.141. The topological polar surface area (TPSA) is 63.7 Å². The predicted octanol–water partition coefficient (Wildman–Crippen LogP) is 2.18. The van der Waals surface area contributed by atoms with Gasteiger partial charge in [-0.05, 0) is 18.1 Å². The number of hydrogen-bond acceptors (Lipinski definition) is 4. The molecule has 2 amide bonds. The number of nitrogens with zero attached hydrogens (tertiary/aromatic N) is 1. The van der Waals surface area contributed by atoms with E-state index < -0.39 is 18.1 Å². The fourth-order valence-corrected chi connectivity index (χ4v) is 3.15. The molecule has 1 fully saturated rings. The molecule has 0 unspecified atom stereocenters. The van der Waals surface area contributed by atoms with Crippen LogP contribution in [0.3, 0.4) is 0 Å². The normalized spacial score (nSPS) is 22.3. The fraction of sp³-hybridized carbons (Fsp3) is 0.353. The highest BCUT2D eigenvalue weighted by molar-refractivity contribution is 6.21. The number of esters is 1. The van der Waals surface area contributed by atoms with Crippen molar-refractivity contribution in [1.82, 2.24) is 4.90 Å². The molecule has 1 aromatic carbocycles. The molecule has 3 rings (SSSR count). The molecular weight excluding hydrogens is 282 g/mol. The summed E-state index contributed by atoms with van der Waals surface area (Å²) in [6.07, 6.45) is -0.183. The highest BCUT2D eigenvalue weighted by atomic mass is 16.6. The molecule has 22 heavy (non-hydrogen) atoms. The summed E-state index contributed by atoms with van der Waals surface area (Å²) in [4.78, 5) is 38.1. The molecule has 0 aromatic heterocycles. The molecule has 5 nitrogen and oxygen atoms in total. The van der Waals surface area contributed by atoms with Crippen molar-refractivity contribution in [2.45, 2.75) is 32.4 Å². The number of carbonyl (C=O) groups excluding carboxylic acids is 3. The van der Waals surface area contributed by atoms with Gasteiger partial charge in [-0.2, -0.15) is 0 Å². The van der Waals surface area contributed by atoms with E-state index in [1.165, 1.54) is 4.90 Å². The molecule has 1 aromatic rings. The van der Waals surface area contributed by atoms with Crippen LogP contribution in [0.5, 0.6) is 0 Å². The van der Waals surface area contributed by atoms with Gasteiger partial charge >= 0.3 is 5.97 Å². The maximum absolute atomic E-state index is 12.6. The lowest BCUT2D eigenvalue weighted by Crippen LogP contribution is -2.49. The van der Waals surface area contributed by atoms with E-state index in [0.29, 0.717) is 23.1 Å². The molecule has 114 valence electrons. The molecule has 0 radical (unpaired) electrons. The quantitative estimate of drug-likeness (QED) is 0.487. The van der Waals surface area contributed by atoms with Crippen LogP contribution in [0, 0.1) is 5.92 Å². The Morgan fingerprint density at radius 1 is 1.14 bits per heavy atom. The first-order valence-corrected chi connectivity index (χ1v) is 7.27. The van der Waals surface area contributed by atoms with Crippen molar-refractivity contribution in [2.75, 3.05) is 0 Å². The Hall–Kier alpha value is -2.43. The maximum atomic E-state index is 12.6. The summed E-state index contributed by atoms with van der Waals surface area (Å²) >= 11 is 0. The summed E-state index contributed by atoms with van der Waals surface area (Å²) in [7, 11) is 0. The van der Waals surface area contributed by atoms with Crippen molar-refractivity contribution in [3.8, 4) is 0 Å². The average Bonchev–Trinajstić information content (AvgIpc) is 2.92. The van der Waals surface area contributed by atoms with Gasteiger partial charge in [-0.3, -0.25) is 14.5 Å². The number of fused-ring (bicyclic) bond motifs is 1. The van der Waals surface area contributed by atoms with E-state index in [0.717, 1.165) is 0 Å². The molecule has 0 bridgehead atoms. The highest BCUT2D eigenvalue weighted by Crippen LogP contribution is 2.33. The van der Waals surface area contributed by atoms with Crippen molar-refractivity contribution >= 4 is 17.8 Å². The number of hydrogen-bond donors (Lipinski definition) is 0. The molecule has 2 heterocycles. The number of ether oxygens (including phenoxy) is 1. The standard InChI is InChI=1S/C17H17NO4/c1-9(2)14(13-8-10(3)17(21)22-13)18-15(19)11-6-4-5-7-12(11)16(18)20/h4-7,9,13-14H,3,8H2,1-2H3/t13-,14+/m1/s1. The van der Waals surface area contributed by atoms with Crippen LogP contribution >= 0.6 is 0 Å². The van der Waals surface area contributed by atoms with Gasteiger partial charge in [0.15, 0.2) is 0 Å². The number of cyclic esters (lactones) is 1. The summed E-state index contributed by atoms with van der Waals surface area (Å²) in [6, 6.07) is 6.26. The van der Waals surface area contributed by atoms with Crippen LogP contribution in [0.25, 0.3) is 0 Å². The van der Waals surface area contributed by atoms with E-state index in [1.807, 2.05) is 13.8 Å². The molecule has 1 saturated heterocycles. The Morgan fingerprint density at radius 2 is 1.68 bits per heavy atom. The molecule has 2 atom stereocenters. The maximum Gasteiger partial charge on any atom is 0.333 e. The van der Waals surface area contributed by atoms with Crippen molar-refractivity contribution in [3.63, 3.8) is 0 Å². The van der Waals surface area contributed by atoms with Gasteiger partial charge in [-0.25, -0.2) is 4.79 Å². The first-order chi connectivity index (χ1) is 10.4. The third-order valence-corrected chi connectivity index (χ3v) is 4.18. The van der Waals surface area contributed by atoms with E-state index in [4.69, 9.17) is 4.74 Å². The smallest absolute Gasteiger partial charge is 0.333 e. The summed E-state index contributed by atoms with van der Waals surface area (Å²) < 4.78 is 5.32. The van der Waals surface area contributed by atoms with Gasteiger partial charge in [0.05, 0.1) is 17.2 Å². The Kier molecular flexibility index (Phi) is 3.35. The molecule has 0 N–H and O–H groups in total. The van der Waals surface area contributed by atoms with Gasteiger partial charge in [-0.1, -0.05) is 32.6 Å². The minimum Gasteiger partial charge on any atom is -0.456 e. The van der Waals surface area contributed by atoms with Gasteiger partial charge in [0, 0.05) is 12.0 Å². The Morgan fingerprint density at radius 3 is 2.09 bits per heavy atom. The molecule has 2 aliphatic heterocycles. The minimum absolute atomic E-state index is 0.0362. The lowest BCUT2D eigenvalue weighted by Gasteiger charge is -2.32. The van der Waals surface area contributed by atoms with Crippen LogP contribution in [0.1, 0.15) is 41.0 Å². The number of imide groups is 1. The number of rotatable bonds is 3. The summed E-state index contributed by atoms with van der Waals surface area (Å²) in [5.41, 5.74) is 1.19. The first kappa shape index (κ1) is 14.5. The zero-order valence-electron chi connectivity index (χ0n) is 12.5. The lowest BCUT2D eigenvalue weighted by atomic mass is 9.94. The van der Waals surface area contributed by atoms with Crippen LogP contribution < -0.4 is 0 Å². The molecule has 5 heteroatoms. The number of carbonyl (C=O) groups is 3. The minimum atomic E-state index is -0.526. The third-order valence-electron chi connectivity index (χ3n) is 4.18. The van der Waals surface area contributed by atoms with Crippen LogP contribution in [-0.2, 0) is 9.53 Å². The second-order valence-electron chi connectivity index (χ2n) is 6.01. The monoisotopic (exact) mass is 299 g/mol. The highest BCUT2D eigenvalue weighted by Gasteiger charge is 2.47. The number of benzene rings is 1. The van der Waals surface area contributed by atoms with Gasteiger partial charge in [0.2, 0.25) is 0 Å². The second-order valence-corrected chi connectivity index (χ2v) is 6.01. The zero-order valence-corrected chi connectivity index (χ0v) is 12.5. The van der Waals surface area contributed by atoms with Crippen LogP contribution in [0.15, 0.2) is 36.4 Å². The third kappa shape index (κ3) is 2.04. The van der Waals surface area contributed by atoms with Crippen molar-refractivity contribution < 1.29 is 19.1 Å². The van der Waals surface area contributed by atoms with E-state index in [9.17, 15) is 14.4 Å². The average molecular weight is 299 g/mol. The van der Waals surface area contributed by atoms with Crippen molar-refractivity contribution in [3.05, 3.63) is 47.5 Å². The van der Waals surface area contributed by atoms with Crippen LogP contribution in [0.4, 0.5) is 0 Å². The Labute approximate surface area is 128 Å². The first-order valence-electron chi connectivity index (χ1n) is 7.27. The SMILES string of the molecule is C=C1C[C@H]([C@H](C(C)C)N2C(=O)c3ccccc3C2=O)OC1=O. The molecule has 0 saturated carbocycles. The van der Waals surface area contributed by atoms with E-state index in [2.05, 4.69) is 6.58 Å². The Balaban J connectivity index is 1.98. The van der Waals surface area contributed by atoms with E-state index in [-0.39, 0.29) is 17.7 Å². The zero-order chi connectivity index (χ0) is 16.0. The summed E-state index contributed by atoms with van der Waals surface area (Å²) in [5, 5.41) is 0.